The van der Waals surface area contributed by atoms with Crippen LogP contribution in [0.2, 0.25) is 0 Å². The van der Waals surface area contributed by atoms with Crippen molar-refractivity contribution in [2.24, 2.45) is 17.8 Å². The lowest BCUT2D eigenvalue weighted by molar-refractivity contribution is -0.149. The number of aliphatic hydroxyl groups is 1. The van der Waals surface area contributed by atoms with Crippen LogP contribution in [-0.2, 0) is 10.4 Å². The van der Waals surface area contributed by atoms with E-state index in [-0.39, 0.29) is 17.9 Å². The molecule has 0 spiro atoms. The van der Waals surface area contributed by atoms with Crippen molar-refractivity contribution in [1.82, 2.24) is 10.2 Å². The molecule has 0 radical (unpaired) electrons. The van der Waals surface area contributed by atoms with Gasteiger partial charge >= 0.3 is 0 Å². The Labute approximate surface area is 176 Å². The van der Waals surface area contributed by atoms with Crippen molar-refractivity contribution in [1.29, 1.82) is 0 Å². The zero-order chi connectivity index (χ0) is 20.3. The third-order valence-corrected chi connectivity index (χ3v) is 7.65. The Morgan fingerprint density at radius 1 is 1.07 bits per heavy atom. The molecule has 0 aromatic heterocycles. The Bertz CT molecular complexity index is 661. The second kappa shape index (κ2) is 9.18. The molecule has 160 valence electrons. The number of nitrogens with one attached hydrogen (secondary N) is 1. The molecule has 29 heavy (non-hydrogen) atoms. The summed E-state index contributed by atoms with van der Waals surface area (Å²) in [5.41, 5.74) is -0.633. The van der Waals surface area contributed by atoms with Crippen molar-refractivity contribution in [3.8, 4) is 0 Å². The molecule has 0 bridgehead atoms. The number of hydrogen-bond acceptors (Lipinski definition) is 3. The number of piperidine rings is 1. The first-order valence-electron chi connectivity index (χ1n) is 12.0. The van der Waals surface area contributed by atoms with Gasteiger partial charge in [-0.2, -0.15) is 0 Å². The molecule has 1 aromatic carbocycles. The van der Waals surface area contributed by atoms with Gasteiger partial charge in [-0.15, -0.1) is 0 Å². The Hall–Kier alpha value is -1.39. The molecule has 2 N–H and O–H groups in total. The number of carbonyl (C=O) groups is 1. The molecule has 3 fully saturated rings. The summed E-state index contributed by atoms with van der Waals surface area (Å²) in [4.78, 5) is 16.0. The highest BCUT2D eigenvalue weighted by molar-refractivity contribution is 5.87. The summed E-state index contributed by atoms with van der Waals surface area (Å²) in [6.07, 6.45) is 10.5. The van der Waals surface area contributed by atoms with Gasteiger partial charge in [0.15, 0.2) is 5.60 Å². The smallest absolute Gasteiger partial charge is 0.257 e. The first-order chi connectivity index (χ1) is 14.1. The van der Waals surface area contributed by atoms with Crippen LogP contribution >= 0.6 is 0 Å². The number of hydrogen-bond donors (Lipinski definition) is 2. The van der Waals surface area contributed by atoms with Crippen molar-refractivity contribution in [3.05, 3.63) is 35.9 Å². The van der Waals surface area contributed by atoms with Gasteiger partial charge in [-0.3, -0.25) is 4.79 Å². The summed E-state index contributed by atoms with van der Waals surface area (Å²) in [6, 6.07) is 9.90. The van der Waals surface area contributed by atoms with E-state index in [0.717, 1.165) is 44.3 Å². The Kier molecular flexibility index (Phi) is 6.60. The van der Waals surface area contributed by atoms with Crippen LogP contribution in [0.3, 0.4) is 0 Å². The molecule has 3 aliphatic rings. The monoisotopic (exact) mass is 398 g/mol. The first kappa shape index (κ1) is 20.9. The van der Waals surface area contributed by atoms with Gasteiger partial charge in [-0.25, -0.2) is 0 Å². The Morgan fingerprint density at radius 3 is 2.41 bits per heavy atom. The van der Waals surface area contributed by atoms with Crippen LogP contribution < -0.4 is 5.32 Å². The number of nitrogens with zero attached hydrogens (tertiary/aromatic N) is 1. The van der Waals surface area contributed by atoms with Crippen molar-refractivity contribution < 1.29 is 9.90 Å². The molecular formula is C25H38N2O2. The number of carbonyl (C=O) groups excluding carboxylic acids is 1. The van der Waals surface area contributed by atoms with E-state index in [0.29, 0.717) is 11.8 Å². The maximum absolute atomic E-state index is 13.4. The summed E-state index contributed by atoms with van der Waals surface area (Å²) >= 11 is 0. The summed E-state index contributed by atoms with van der Waals surface area (Å²) in [7, 11) is 0. The molecule has 4 heteroatoms. The predicted octanol–water partition coefficient (Wildman–Crippen LogP) is 4.08. The molecule has 2 aliphatic carbocycles. The van der Waals surface area contributed by atoms with Gasteiger partial charge in [0, 0.05) is 25.0 Å². The van der Waals surface area contributed by atoms with E-state index < -0.39 is 5.60 Å². The van der Waals surface area contributed by atoms with Gasteiger partial charge in [0.2, 0.25) is 0 Å². The normalized spacial score (nSPS) is 29.2. The van der Waals surface area contributed by atoms with Crippen LogP contribution in [0.5, 0.6) is 0 Å². The molecule has 1 aromatic rings. The zero-order valence-electron chi connectivity index (χ0n) is 18.0. The number of likely N-dealkylation sites (tertiary alicyclic amines) is 1. The highest BCUT2D eigenvalue weighted by atomic mass is 16.3. The van der Waals surface area contributed by atoms with Gasteiger partial charge in [0.05, 0.1) is 0 Å². The molecule has 4 nitrogen and oxygen atoms in total. The van der Waals surface area contributed by atoms with E-state index in [4.69, 9.17) is 0 Å². The van der Waals surface area contributed by atoms with E-state index >= 15 is 0 Å². The van der Waals surface area contributed by atoms with Crippen LogP contribution in [0.4, 0.5) is 0 Å². The van der Waals surface area contributed by atoms with Crippen LogP contribution in [0.1, 0.15) is 70.3 Å². The fourth-order valence-electron chi connectivity index (χ4n) is 5.80. The van der Waals surface area contributed by atoms with Gasteiger partial charge in [0.1, 0.15) is 0 Å². The van der Waals surface area contributed by atoms with Crippen LogP contribution in [0, 0.1) is 17.8 Å². The van der Waals surface area contributed by atoms with Crippen LogP contribution in [-0.4, -0.2) is 41.6 Å². The molecule has 1 saturated heterocycles. The van der Waals surface area contributed by atoms with Gasteiger partial charge in [-0.05, 0) is 43.2 Å². The second-order valence-electron chi connectivity index (χ2n) is 9.61. The maximum atomic E-state index is 13.4. The molecule has 1 heterocycles. The average Bonchev–Trinajstić information content (AvgIpc) is 3.20. The number of unbranched alkanes of at least 4 members (excludes halogenated alkanes) is 3. The number of benzene rings is 1. The fraction of sp³-hybridized carbons (Fsp3) is 0.720. The summed E-state index contributed by atoms with van der Waals surface area (Å²) in [5, 5.41) is 15.0. The summed E-state index contributed by atoms with van der Waals surface area (Å²) in [5.74, 6) is 1.02. The Balaban J connectivity index is 1.36. The SMILES string of the molecule is CCCCCCN1CC2C(C1)C2NC(=O)C(O)(c1ccccc1)C1CCCCC1. The topological polar surface area (TPSA) is 52.6 Å². The van der Waals surface area contributed by atoms with E-state index in [9.17, 15) is 9.90 Å². The van der Waals surface area contributed by atoms with Gasteiger partial charge in [-0.1, -0.05) is 75.8 Å². The van der Waals surface area contributed by atoms with E-state index in [2.05, 4.69) is 17.1 Å². The fourth-order valence-corrected chi connectivity index (χ4v) is 5.80. The number of amides is 1. The first-order valence-corrected chi connectivity index (χ1v) is 12.0. The van der Waals surface area contributed by atoms with Crippen LogP contribution in [0.25, 0.3) is 0 Å². The van der Waals surface area contributed by atoms with Gasteiger partial charge < -0.3 is 15.3 Å². The molecular weight excluding hydrogens is 360 g/mol. The van der Waals surface area contributed by atoms with Crippen molar-refractivity contribution in [2.75, 3.05) is 19.6 Å². The Morgan fingerprint density at radius 2 is 1.76 bits per heavy atom. The van der Waals surface area contributed by atoms with Crippen LogP contribution in [0.15, 0.2) is 30.3 Å². The van der Waals surface area contributed by atoms with Crippen molar-refractivity contribution >= 4 is 5.91 Å². The third kappa shape index (κ3) is 4.39. The third-order valence-electron chi connectivity index (χ3n) is 7.65. The molecule has 1 amide bonds. The second-order valence-corrected chi connectivity index (χ2v) is 9.61. The van der Waals surface area contributed by atoms with Crippen molar-refractivity contribution in [3.63, 3.8) is 0 Å². The largest absolute Gasteiger partial charge is 0.375 e. The van der Waals surface area contributed by atoms with E-state index in [1.807, 2.05) is 30.3 Å². The molecule has 4 rings (SSSR count). The number of rotatable bonds is 9. The summed E-state index contributed by atoms with van der Waals surface area (Å²) in [6.45, 7) is 5.66. The molecule has 2 saturated carbocycles. The van der Waals surface area contributed by atoms with Crippen molar-refractivity contribution in [2.45, 2.75) is 76.4 Å². The van der Waals surface area contributed by atoms with E-state index in [1.54, 1.807) is 0 Å². The average molecular weight is 399 g/mol. The highest BCUT2D eigenvalue weighted by Crippen LogP contribution is 2.47. The van der Waals surface area contributed by atoms with Gasteiger partial charge in [0.25, 0.3) is 5.91 Å². The maximum Gasteiger partial charge on any atom is 0.257 e. The minimum Gasteiger partial charge on any atom is -0.375 e. The lowest BCUT2D eigenvalue weighted by atomic mass is 9.73. The lowest BCUT2D eigenvalue weighted by Crippen LogP contribution is -2.51. The quantitative estimate of drug-likeness (QED) is 0.616. The molecule has 1 aliphatic heterocycles. The summed E-state index contributed by atoms with van der Waals surface area (Å²) < 4.78 is 0. The minimum atomic E-state index is -1.39. The highest BCUT2D eigenvalue weighted by Gasteiger charge is 2.58. The lowest BCUT2D eigenvalue weighted by Gasteiger charge is -2.38. The zero-order valence-corrected chi connectivity index (χ0v) is 18.0. The van der Waals surface area contributed by atoms with E-state index in [1.165, 1.54) is 38.6 Å². The predicted molar refractivity (Wildman–Crippen MR) is 116 cm³/mol. The molecule has 3 unspecified atom stereocenters. The molecule has 3 atom stereocenters. The number of fused-ring (bicyclic) bond motifs is 1. The minimum absolute atomic E-state index is 0.0207. The standard InChI is InChI=1S/C25H38N2O2/c1-2-3-4-11-16-27-17-21-22(18-27)23(21)26-24(28)25(29,19-12-7-5-8-13-19)20-14-9-6-10-15-20/h5,7-8,12-13,20-23,29H,2-4,6,9-11,14-18H2,1H3,(H,26,28).